The van der Waals surface area contributed by atoms with E-state index in [1.807, 2.05) is 0 Å². The SMILES string of the molecule is C=CC(=O)OC12CC3CC(CC(OCCCCC4(CC)COC4)(C3)C1)C2. The van der Waals surface area contributed by atoms with Crippen molar-refractivity contribution in [1.29, 1.82) is 0 Å². The monoisotopic (exact) mass is 362 g/mol. The van der Waals surface area contributed by atoms with Gasteiger partial charge in [-0.15, -0.1) is 0 Å². The second kappa shape index (κ2) is 6.94. The number of carbonyl (C=O) groups excluding carboxylic acids is 1. The molecule has 1 heterocycles. The molecule has 0 aromatic heterocycles. The minimum atomic E-state index is -0.287. The number of ether oxygens (including phenoxy) is 3. The standard InChI is InChI=1S/C22H34O4/c1-3-19(23)26-22-12-17-9-18(13-22)11-21(10-17,14-22)25-8-6-5-7-20(4-2)15-24-16-20/h3,17-18H,1,4-16H2,2H3. The number of hydrogen-bond acceptors (Lipinski definition) is 4. The van der Waals surface area contributed by atoms with Gasteiger partial charge in [-0.3, -0.25) is 0 Å². The predicted octanol–water partition coefficient (Wildman–Crippen LogP) is 4.42. The van der Waals surface area contributed by atoms with E-state index in [1.165, 1.54) is 31.8 Å². The highest BCUT2D eigenvalue weighted by atomic mass is 16.6. The molecule has 2 atom stereocenters. The Kier molecular flexibility index (Phi) is 4.94. The summed E-state index contributed by atoms with van der Waals surface area (Å²) in [5.74, 6) is 1.04. The van der Waals surface area contributed by atoms with Crippen LogP contribution in [-0.2, 0) is 19.0 Å². The van der Waals surface area contributed by atoms with E-state index in [9.17, 15) is 4.79 Å². The van der Waals surface area contributed by atoms with Crippen LogP contribution in [0.3, 0.4) is 0 Å². The van der Waals surface area contributed by atoms with E-state index in [2.05, 4.69) is 13.5 Å². The normalized spacial score (nSPS) is 39.4. The molecule has 0 aromatic carbocycles. The fourth-order valence-electron chi connectivity index (χ4n) is 6.45. The first-order valence-corrected chi connectivity index (χ1v) is 10.6. The van der Waals surface area contributed by atoms with Crippen molar-refractivity contribution in [2.45, 2.75) is 82.3 Å². The zero-order valence-electron chi connectivity index (χ0n) is 16.3. The highest BCUT2D eigenvalue weighted by molar-refractivity contribution is 5.81. The third kappa shape index (κ3) is 3.47. The van der Waals surface area contributed by atoms with Gasteiger partial charge in [-0.05, 0) is 63.2 Å². The zero-order valence-corrected chi connectivity index (χ0v) is 16.3. The van der Waals surface area contributed by atoms with Gasteiger partial charge in [-0.2, -0.15) is 0 Å². The first-order chi connectivity index (χ1) is 12.5. The fourth-order valence-corrected chi connectivity index (χ4v) is 6.45. The smallest absolute Gasteiger partial charge is 0.330 e. The summed E-state index contributed by atoms with van der Waals surface area (Å²) in [6, 6.07) is 0. The molecule has 0 spiro atoms. The maximum Gasteiger partial charge on any atom is 0.330 e. The van der Waals surface area contributed by atoms with Crippen LogP contribution >= 0.6 is 0 Å². The largest absolute Gasteiger partial charge is 0.456 e. The number of esters is 1. The maximum atomic E-state index is 11.9. The van der Waals surface area contributed by atoms with Crippen molar-refractivity contribution in [1.82, 2.24) is 0 Å². The predicted molar refractivity (Wildman–Crippen MR) is 99.8 cm³/mol. The molecule has 1 saturated heterocycles. The Morgan fingerprint density at radius 1 is 1.15 bits per heavy atom. The molecule has 146 valence electrons. The second-order valence-electron chi connectivity index (χ2n) is 9.60. The summed E-state index contributed by atoms with van der Waals surface area (Å²) in [6.45, 7) is 8.56. The van der Waals surface area contributed by atoms with E-state index in [0.29, 0.717) is 17.3 Å². The zero-order chi connectivity index (χ0) is 18.3. The van der Waals surface area contributed by atoms with Crippen LogP contribution in [-0.4, -0.2) is 37.0 Å². The fraction of sp³-hybridized carbons (Fsp3) is 0.864. The molecule has 0 amide bonds. The van der Waals surface area contributed by atoms with Crippen LogP contribution in [0.4, 0.5) is 0 Å². The van der Waals surface area contributed by atoms with E-state index in [-0.39, 0.29) is 17.2 Å². The molecule has 0 aromatic rings. The van der Waals surface area contributed by atoms with E-state index in [4.69, 9.17) is 14.2 Å². The molecule has 0 N–H and O–H groups in total. The lowest BCUT2D eigenvalue weighted by Crippen LogP contribution is -2.61. The lowest BCUT2D eigenvalue weighted by molar-refractivity contribution is -0.231. The lowest BCUT2D eigenvalue weighted by Gasteiger charge is -2.60. The van der Waals surface area contributed by atoms with E-state index in [0.717, 1.165) is 58.3 Å². The summed E-state index contributed by atoms with van der Waals surface area (Å²) in [5, 5.41) is 0. The van der Waals surface area contributed by atoms with Crippen molar-refractivity contribution in [3.05, 3.63) is 12.7 Å². The summed E-state index contributed by atoms with van der Waals surface area (Å²) in [5.41, 5.74) is 0.113. The number of carbonyl (C=O) groups is 1. The Hall–Kier alpha value is -0.870. The minimum Gasteiger partial charge on any atom is -0.456 e. The van der Waals surface area contributed by atoms with Gasteiger partial charge in [0.2, 0.25) is 0 Å². The van der Waals surface area contributed by atoms with Crippen LogP contribution in [0.5, 0.6) is 0 Å². The molecule has 1 aliphatic heterocycles. The molecule has 2 unspecified atom stereocenters. The molecule has 26 heavy (non-hydrogen) atoms. The average molecular weight is 363 g/mol. The van der Waals surface area contributed by atoms with Gasteiger partial charge >= 0.3 is 5.97 Å². The molecule has 4 bridgehead atoms. The van der Waals surface area contributed by atoms with E-state index in [1.54, 1.807) is 0 Å². The van der Waals surface area contributed by atoms with Crippen molar-refractivity contribution in [3.8, 4) is 0 Å². The Labute approximate surface area is 157 Å². The van der Waals surface area contributed by atoms with Crippen molar-refractivity contribution in [2.24, 2.45) is 17.3 Å². The quantitative estimate of drug-likeness (QED) is 0.346. The van der Waals surface area contributed by atoms with Crippen molar-refractivity contribution in [2.75, 3.05) is 19.8 Å². The Morgan fingerprint density at radius 3 is 2.42 bits per heavy atom. The molecule has 4 heteroatoms. The van der Waals surface area contributed by atoms with Crippen LogP contribution in [0.15, 0.2) is 12.7 Å². The van der Waals surface area contributed by atoms with E-state index < -0.39 is 0 Å². The third-order valence-electron chi connectivity index (χ3n) is 7.51. The molecular weight excluding hydrogens is 328 g/mol. The van der Waals surface area contributed by atoms with Crippen LogP contribution in [0, 0.1) is 17.3 Å². The van der Waals surface area contributed by atoms with Crippen LogP contribution in [0.1, 0.15) is 71.1 Å². The van der Waals surface area contributed by atoms with Crippen LogP contribution in [0.2, 0.25) is 0 Å². The average Bonchev–Trinajstić information content (AvgIpc) is 2.55. The van der Waals surface area contributed by atoms with Gasteiger partial charge in [0, 0.05) is 24.5 Å². The highest BCUT2D eigenvalue weighted by Crippen LogP contribution is 2.60. The number of rotatable bonds is 9. The Morgan fingerprint density at radius 2 is 1.85 bits per heavy atom. The molecule has 4 aliphatic carbocycles. The van der Waals surface area contributed by atoms with Gasteiger partial charge in [-0.1, -0.05) is 19.9 Å². The Balaban J connectivity index is 1.30. The summed E-state index contributed by atoms with van der Waals surface area (Å²) in [7, 11) is 0. The van der Waals surface area contributed by atoms with Crippen molar-refractivity contribution >= 4 is 5.97 Å². The number of unbranched alkanes of at least 4 members (excludes halogenated alkanes) is 1. The first kappa shape index (κ1) is 18.5. The van der Waals surface area contributed by atoms with Crippen molar-refractivity contribution < 1.29 is 19.0 Å². The van der Waals surface area contributed by atoms with Gasteiger partial charge in [0.15, 0.2) is 0 Å². The lowest BCUT2D eigenvalue weighted by atomic mass is 9.52. The first-order valence-electron chi connectivity index (χ1n) is 10.6. The molecular formula is C22H34O4. The summed E-state index contributed by atoms with van der Waals surface area (Å²) < 4.78 is 17.8. The van der Waals surface area contributed by atoms with E-state index >= 15 is 0 Å². The van der Waals surface area contributed by atoms with Crippen LogP contribution < -0.4 is 0 Å². The third-order valence-corrected chi connectivity index (χ3v) is 7.51. The molecule has 5 rings (SSSR count). The van der Waals surface area contributed by atoms with Gasteiger partial charge < -0.3 is 14.2 Å². The molecule has 0 radical (unpaired) electrons. The van der Waals surface area contributed by atoms with Gasteiger partial charge in [0.1, 0.15) is 5.60 Å². The van der Waals surface area contributed by atoms with Crippen LogP contribution in [0.25, 0.3) is 0 Å². The van der Waals surface area contributed by atoms with Crippen molar-refractivity contribution in [3.63, 3.8) is 0 Å². The highest BCUT2D eigenvalue weighted by Gasteiger charge is 2.60. The number of hydrogen-bond donors (Lipinski definition) is 0. The summed E-state index contributed by atoms with van der Waals surface area (Å²) in [4.78, 5) is 11.9. The Bertz CT molecular complexity index is 531. The topological polar surface area (TPSA) is 44.8 Å². The molecule has 4 nitrogen and oxygen atoms in total. The molecule has 4 saturated carbocycles. The molecule has 5 fully saturated rings. The molecule has 5 aliphatic rings. The maximum absolute atomic E-state index is 11.9. The minimum absolute atomic E-state index is 0.0481. The van der Waals surface area contributed by atoms with Gasteiger partial charge in [0.05, 0.1) is 18.8 Å². The van der Waals surface area contributed by atoms with Gasteiger partial charge in [0.25, 0.3) is 0 Å². The summed E-state index contributed by atoms with van der Waals surface area (Å²) >= 11 is 0. The summed E-state index contributed by atoms with van der Waals surface area (Å²) in [6.07, 6.45) is 12.7. The van der Waals surface area contributed by atoms with Gasteiger partial charge in [-0.25, -0.2) is 4.79 Å². The second-order valence-corrected chi connectivity index (χ2v) is 9.60.